The molecule has 0 amide bonds. The first-order chi connectivity index (χ1) is 5.90. The average molecular weight is 196 g/mol. The lowest BCUT2D eigenvalue weighted by atomic mass is 10.4. The molecule has 0 saturated heterocycles. The molecule has 0 aromatic carbocycles. The van der Waals surface area contributed by atoms with Gasteiger partial charge in [0.15, 0.2) is 5.09 Å². The Balaban J connectivity index is 2.35. The Morgan fingerprint density at radius 3 is 2.83 bits per heavy atom. The third-order valence-corrected chi connectivity index (χ3v) is 3.05. The van der Waals surface area contributed by atoms with E-state index in [4.69, 9.17) is 4.42 Å². The molecule has 2 rings (SSSR count). The number of thioether (sulfide) groups is 1. The van der Waals surface area contributed by atoms with Gasteiger partial charge in [-0.3, -0.25) is 0 Å². The third kappa shape index (κ3) is 1.42. The van der Waals surface area contributed by atoms with Crippen molar-refractivity contribution in [2.45, 2.75) is 5.09 Å². The van der Waals surface area contributed by atoms with E-state index in [2.05, 4.69) is 11.4 Å². The van der Waals surface area contributed by atoms with Crippen molar-refractivity contribution in [3.63, 3.8) is 0 Å². The van der Waals surface area contributed by atoms with Crippen molar-refractivity contribution in [1.82, 2.24) is 0 Å². The van der Waals surface area contributed by atoms with Crippen LogP contribution >= 0.6 is 23.1 Å². The molecule has 0 aliphatic rings. The summed E-state index contributed by atoms with van der Waals surface area (Å²) in [6.45, 7) is 0. The monoisotopic (exact) mass is 196 g/mol. The molecular weight excluding hydrogens is 188 g/mol. The van der Waals surface area contributed by atoms with Crippen LogP contribution in [0.1, 0.15) is 0 Å². The first kappa shape index (κ1) is 7.95. The second-order valence-corrected chi connectivity index (χ2v) is 4.06. The van der Waals surface area contributed by atoms with E-state index >= 15 is 0 Å². The lowest BCUT2D eigenvalue weighted by Gasteiger charge is -1.88. The second kappa shape index (κ2) is 3.37. The Morgan fingerprint density at radius 1 is 1.33 bits per heavy atom. The van der Waals surface area contributed by atoms with Crippen LogP contribution in [-0.4, -0.2) is 6.26 Å². The van der Waals surface area contributed by atoms with Crippen LogP contribution in [-0.2, 0) is 0 Å². The maximum absolute atomic E-state index is 5.55. The Kier molecular flexibility index (Phi) is 2.23. The number of rotatable bonds is 2. The maximum atomic E-state index is 5.55. The standard InChI is InChI=1S/C9H8OS2/c1-11-9-5-4-7(10-9)8-3-2-6-12-8/h2-6H,1H3. The molecule has 0 N–H and O–H groups in total. The van der Waals surface area contributed by atoms with Crippen LogP contribution in [0.2, 0.25) is 0 Å². The topological polar surface area (TPSA) is 13.1 Å². The van der Waals surface area contributed by atoms with Crippen LogP contribution < -0.4 is 0 Å². The molecule has 0 spiro atoms. The van der Waals surface area contributed by atoms with Crippen molar-refractivity contribution < 1.29 is 4.42 Å². The van der Waals surface area contributed by atoms with Gasteiger partial charge in [0, 0.05) is 0 Å². The van der Waals surface area contributed by atoms with E-state index in [-0.39, 0.29) is 0 Å². The highest BCUT2D eigenvalue weighted by atomic mass is 32.2. The van der Waals surface area contributed by atoms with E-state index in [1.54, 1.807) is 23.1 Å². The van der Waals surface area contributed by atoms with Gasteiger partial charge in [-0.05, 0) is 29.8 Å². The zero-order valence-electron chi connectivity index (χ0n) is 6.61. The molecular formula is C9H8OS2. The largest absolute Gasteiger partial charge is 0.449 e. The summed E-state index contributed by atoms with van der Waals surface area (Å²) in [5.41, 5.74) is 0. The van der Waals surface area contributed by atoms with Crippen molar-refractivity contribution in [3.05, 3.63) is 29.6 Å². The second-order valence-electron chi connectivity index (χ2n) is 2.30. The van der Waals surface area contributed by atoms with Gasteiger partial charge in [-0.25, -0.2) is 0 Å². The molecule has 0 unspecified atom stereocenters. The smallest absolute Gasteiger partial charge is 0.160 e. The molecule has 2 heterocycles. The van der Waals surface area contributed by atoms with Gasteiger partial charge in [-0.1, -0.05) is 17.8 Å². The molecule has 12 heavy (non-hydrogen) atoms. The lowest BCUT2D eigenvalue weighted by molar-refractivity contribution is 0.489. The van der Waals surface area contributed by atoms with Crippen LogP contribution in [0.25, 0.3) is 10.6 Å². The molecule has 2 aromatic heterocycles. The van der Waals surface area contributed by atoms with Crippen molar-refractivity contribution in [2.24, 2.45) is 0 Å². The molecule has 62 valence electrons. The summed E-state index contributed by atoms with van der Waals surface area (Å²) in [5, 5.41) is 3.02. The molecule has 3 heteroatoms. The molecule has 0 atom stereocenters. The Morgan fingerprint density at radius 2 is 2.25 bits per heavy atom. The fourth-order valence-electron chi connectivity index (χ4n) is 0.981. The number of hydrogen-bond donors (Lipinski definition) is 0. The van der Waals surface area contributed by atoms with Gasteiger partial charge in [0.05, 0.1) is 4.88 Å². The molecule has 0 bridgehead atoms. The Labute approximate surface area is 79.4 Å². The van der Waals surface area contributed by atoms with Crippen molar-refractivity contribution >= 4 is 23.1 Å². The predicted octanol–water partition coefficient (Wildman–Crippen LogP) is 3.73. The highest BCUT2D eigenvalue weighted by Gasteiger charge is 2.03. The number of furan rings is 1. The molecule has 2 aromatic rings. The molecule has 0 radical (unpaired) electrons. The number of hydrogen-bond acceptors (Lipinski definition) is 3. The molecule has 0 saturated carbocycles. The summed E-state index contributed by atoms with van der Waals surface area (Å²) >= 11 is 3.32. The number of thiophene rings is 1. The van der Waals surface area contributed by atoms with E-state index in [1.807, 2.05) is 24.5 Å². The highest BCUT2D eigenvalue weighted by Crippen LogP contribution is 2.29. The zero-order valence-corrected chi connectivity index (χ0v) is 8.24. The third-order valence-electron chi connectivity index (χ3n) is 1.55. The van der Waals surface area contributed by atoms with E-state index in [0.717, 1.165) is 10.9 Å². The minimum Gasteiger partial charge on any atom is -0.449 e. The molecule has 0 aliphatic carbocycles. The summed E-state index contributed by atoms with van der Waals surface area (Å²) in [4.78, 5) is 1.19. The van der Waals surface area contributed by atoms with Gasteiger partial charge in [0.2, 0.25) is 0 Å². The van der Waals surface area contributed by atoms with Gasteiger partial charge < -0.3 is 4.42 Å². The summed E-state index contributed by atoms with van der Waals surface area (Å²) < 4.78 is 5.55. The minimum absolute atomic E-state index is 0.967. The Bertz CT molecular complexity index is 348. The van der Waals surface area contributed by atoms with Crippen molar-refractivity contribution in [1.29, 1.82) is 0 Å². The lowest BCUT2D eigenvalue weighted by Crippen LogP contribution is -1.60. The van der Waals surface area contributed by atoms with Crippen molar-refractivity contribution in [3.8, 4) is 10.6 Å². The van der Waals surface area contributed by atoms with Crippen LogP contribution in [0.4, 0.5) is 0 Å². The average Bonchev–Trinajstić information content (AvgIpc) is 2.75. The van der Waals surface area contributed by atoms with Crippen LogP contribution in [0.5, 0.6) is 0 Å². The summed E-state index contributed by atoms with van der Waals surface area (Å²) in [6.07, 6.45) is 2.01. The summed E-state index contributed by atoms with van der Waals surface area (Å²) in [5.74, 6) is 0.967. The quantitative estimate of drug-likeness (QED) is 0.679. The minimum atomic E-state index is 0.967. The fourth-order valence-corrected chi connectivity index (χ4v) is 2.05. The summed E-state index contributed by atoms with van der Waals surface area (Å²) in [6, 6.07) is 8.10. The first-order valence-electron chi connectivity index (χ1n) is 3.58. The normalized spacial score (nSPS) is 10.4. The van der Waals surface area contributed by atoms with E-state index in [9.17, 15) is 0 Å². The van der Waals surface area contributed by atoms with E-state index in [0.29, 0.717) is 0 Å². The molecule has 0 aliphatic heterocycles. The van der Waals surface area contributed by atoms with E-state index < -0.39 is 0 Å². The van der Waals surface area contributed by atoms with Gasteiger partial charge >= 0.3 is 0 Å². The van der Waals surface area contributed by atoms with Crippen LogP contribution in [0.15, 0.2) is 39.2 Å². The van der Waals surface area contributed by atoms with E-state index in [1.165, 1.54) is 4.88 Å². The fraction of sp³-hybridized carbons (Fsp3) is 0.111. The van der Waals surface area contributed by atoms with Gasteiger partial charge in [0.1, 0.15) is 5.76 Å². The van der Waals surface area contributed by atoms with Gasteiger partial charge in [0.25, 0.3) is 0 Å². The predicted molar refractivity (Wildman–Crippen MR) is 53.8 cm³/mol. The molecule has 1 nitrogen and oxygen atoms in total. The van der Waals surface area contributed by atoms with Crippen molar-refractivity contribution in [2.75, 3.05) is 6.26 Å². The maximum Gasteiger partial charge on any atom is 0.160 e. The zero-order chi connectivity index (χ0) is 8.39. The van der Waals surface area contributed by atoms with Gasteiger partial charge in [-0.2, -0.15) is 0 Å². The molecule has 0 fully saturated rings. The van der Waals surface area contributed by atoms with Crippen LogP contribution in [0.3, 0.4) is 0 Å². The summed E-state index contributed by atoms with van der Waals surface area (Å²) in [7, 11) is 0. The van der Waals surface area contributed by atoms with Crippen LogP contribution in [0, 0.1) is 0 Å². The SMILES string of the molecule is CSc1ccc(-c2cccs2)o1. The van der Waals surface area contributed by atoms with Gasteiger partial charge in [-0.15, -0.1) is 11.3 Å². The highest BCUT2D eigenvalue weighted by molar-refractivity contribution is 7.98. The first-order valence-corrected chi connectivity index (χ1v) is 5.68. The Hall–Kier alpha value is -0.670.